The van der Waals surface area contributed by atoms with Crippen molar-refractivity contribution >= 4 is 65.4 Å². The zero-order valence-corrected chi connectivity index (χ0v) is 86.2. The number of benzene rings is 15. The Hall–Kier alpha value is -12.3. The van der Waals surface area contributed by atoms with Gasteiger partial charge in [-0.25, -0.2) is 0 Å². The van der Waals surface area contributed by atoms with E-state index in [4.69, 9.17) is 0 Å². The number of aromatic nitrogens is 3. The molecule has 132 heavy (non-hydrogen) atoms. The summed E-state index contributed by atoms with van der Waals surface area (Å²) in [5, 5.41) is 8.50. The predicted molar refractivity (Wildman–Crippen MR) is 590 cm³/mol. The highest BCUT2D eigenvalue weighted by Crippen LogP contribution is 2.55. The first kappa shape index (κ1) is 102. The van der Waals surface area contributed by atoms with Crippen molar-refractivity contribution in [2.45, 2.75) is 265 Å². The average molecular weight is 1750 g/mol. The minimum absolute atomic E-state index is 1.00. The molecule has 0 spiro atoms. The Morgan fingerprint density at radius 1 is 0.152 bits per heavy atom. The lowest BCUT2D eigenvalue weighted by Gasteiger charge is -2.23. The van der Waals surface area contributed by atoms with Crippen LogP contribution in [-0.2, 0) is 57.8 Å². The molecule has 0 fully saturated rings. The van der Waals surface area contributed by atoms with Crippen molar-refractivity contribution < 1.29 is 0 Å². The summed E-state index contributed by atoms with van der Waals surface area (Å²) in [5.74, 6) is 0. The zero-order chi connectivity index (χ0) is 95.9. The van der Waals surface area contributed by atoms with Crippen molar-refractivity contribution in [3.8, 4) is 83.8 Å². The number of hydrogen-bond donors (Lipinski definition) is 0. The summed E-state index contributed by atoms with van der Waals surface area (Å²) in [6.45, 7) is 60.0. The minimum Gasteiger partial charge on any atom is -0.309 e. The van der Waals surface area contributed by atoms with Crippen LogP contribution in [0.1, 0.15) is 308 Å². The maximum atomic E-state index is 2.57. The maximum absolute atomic E-state index is 2.57. The molecule has 9 aliphatic rings. The zero-order valence-electron chi connectivity index (χ0n) is 86.2. The number of rotatable bonds is 0. The first-order valence-electron chi connectivity index (χ1n) is 51.8. The van der Waals surface area contributed by atoms with Gasteiger partial charge in [0.05, 0.1) is 33.1 Å². The molecule has 684 valence electrons. The van der Waals surface area contributed by atoms with E-state index in [0.717, 1.165) is 57.8 Å². The molecule has 3 heteroatoms. The molecule has 3 aromatic heterocycles. The summed E-state index contributed by atoms with van der Waals surface area (Å²) in [4.78, 5) is 0. The average Bonchev–Trinajstić information content (AvgIpc) is 1.53. The Balaban J connectivity index is 0.000000180. The highest BCUT2D eigenvalue weighted by Gasteiger charge is 2.36. The second-order valence-electron chi connectivity index (χ2n) is 30.4. The number of para-hydroxylation sites is 3. The highest BCUT2D eigenvalue weighted by molar-refractivity contribution is 6.21. The lowest BCUT2D eigenvalue weighted by Crippen LogP contribution is -2.10. The molecule has 0 amide bonds. The van der Waals surface area contributed by atoms with Crippen molar-refractivity contribution in [2.75, 3.05) is 0 Å². The van der Waals surface area contributed by atoms with Crippen LogP contribution in [0.25, 0.3) is 149 Å². The molecule has 6 heterocycles. The largest absolute Gasteiger partial charge is 0.309 e. The summed E-state index contributed by atoms with van der Waals surface area (Å²) in [5.41, 5.74) is 55.8. The van der Waals surface area contributed by atoms with Crippen LogP contribution in [0.3, 0.4) is 0 Å². The molecular weight excluding hydrogens is 1590 g/mol. The molecule has 0 saturated carbocycles. The van der Waals surface area contributed by atoms with Crippen LogP contribution in [0, 0.1) is 0 Å². The van der Waals surface area contributed by atoms with Crippen LogP contribution >= 0.6 is 0 Å². The third-order valence-electron chi connectivity index (χ3n) is 25.3. The molecule has 0 unspecified atom stereocenters. The molecule has 3 nitrogen and oxygen atoms in total. The van der Waals surface area contributed by atoms with Gasteiger partial charge in [-0.05, 0) is 272 Å². The Kier molecular flexibility index (Phi) is 36.8. The summed E-state index contributed by atoms with van der Waals surface area (Å²) < 4.78 is 7.71. The fourth-order valence-corrected chi connectivity index (χ4v) is 21.1. The summed E-state index contributed by atoms with van der Waals surface area (Å²) >= 11 is 0. The molecule has 0 atom stereocenters. The van der Waals surface area contributed by atoms with Crippen LogP contribution in [-0.4, -0.2) is 13.7 Å². The SMILES string of the molecule is CC.CC.CC.CC.CC.CC.CC.CC.CC.CC.CC.CC.CC.CC.CC.c1ccc2c(c1)Cc1cc3c4c5c(cc6c4n(c3cc1-2)-c1ccccc1C6)Cc1ccccc1-5.c1ccc2c(c1)Cc1cc3c4cc5c(c6c4n(c3cc1-2)-c1ccccc1C6)-c1ccccc1C5.c1ccc2c(c1)Cc1cc3c4cc5c(c6c4n(c3cc1-2)-c1ccccc1C6)Cc1ccccc1-5. The van der Waals surface area contributed by atoms with Gasteiger partial charge < -0.3 is 13.7 Å². The molecule has 3 aliphatic heterocycles. The molecule has 0 N–H and O–H groups in total. The monoisotopic (exact) mass is 1740 g/mol. The molecule has 27 rings (SSSR count). The summed E-state index contributed by atoms with van der Waals surface area (Å²) in [7, 11) is 0. The van der Waals surface area contributed by atoms with Crippen molar-refractivity contribution in [1.29, 1.82) is 0 Å². The smallest absolute Gasteiger partial charge is 0.0583 e. The van der Waals surface area contributed by atoms with Crippen LogP contribution in [0.4, 0.5) is 0 Å². The van der Waals surface area contributed by atoms with Crippen LogP contribution in [0.15, 0.2) is 273 Å². The first-order chi connectivity index (χ1) is 65.5. The van der Waals surface area contributed by atoms with E-state index < -0.39 is 0 Å². The van der Waals surface area contributed by atoms with Crippen LogP contribution < -0.4 is 0 Å². The van der Waals surface area contributed by atoms with Gasteiger partial charge in [0.2, 0.25) is 0 Å². The van der Waals surface area contributed by atoms with Gasteiger partial charge in [0.15, 0.2) is 0 Å². The van der Waals surface area contributed by atoms with Crippen molar-refractivity contribution in [1.82, 2.24) is 13.7 Å². The first-order valence-corrected chi connectivity index (χ1v) is 51.8. The predicted octanol–water partition coefficient (Wildman–Crippen LogP) is 38.9. The van der Waals surface area contributed by atoms with Crippen LogP contribution in [0.5, 0.6) is 0 Å². The summed E-state index contributed by atoms with van der Waals surface area (Å²) in [6.07, 6.45) is 9.26. The fourth-order valence-electron chi connectivity index (χ4n) is 21.1. The lowest BCUT2D eigenvalue weighted by molar-refractivity contribution is 1.02. The highest BCUT2D eigenvalue weighted by atomic mass is 15.0. The van der Waals surface area contributed by atoms with E-state index in [2.05, 4.69) is 287 Å². The second-order valence-corrected chi connectivity index (χ2v) is 30.4. The Morgan fingerprint density at radius 3 is 0.803 bits per heavy atom. The van der Waals surface area contributed by atoms with Gasteiger partial charge in [-0.15, -0.1) is 0 Å². The van der Waals surface area contributed by atoms with Gasteiger partial charge >= 0.3 is 0 Å². The van der Waals surface area contributed by atoms with Crippen molar-refractivity contribution in [3.05, 3.63) is 373 Å². The van der Waals surface area contributed by atoms with E-state index >= 15 is 0 Å². The topological polar surface area (TPSA) is 14.8 Å². The Morgan fingerprint density at radius 2 is 0.402 bits per heavy atom. The number of nitrogens with zero attached hydrogens (tertiary/aromatic N) is 3. The van der Waals surface area contributed by atoms with Gasteiger partial charge in [0, 0.05) is 68.6 Å². The van der Waals surface area contributed by atoms with Crippen LogP contribution in [0.2, 0.25) is 0 Å². The molecule has 6 aliphatic carbocycles. The standard InChI is InChI=1S/3C33H21N.15C2H6/c1-4-10-25-19(7-1)13-22-17-28-30(18-27(22)25)34-29-12-6-3-9-21(29)15-24-16-23-14-20-8-2-5-11-26(20)31(23)32(28)33(24)34;1-4-10-24-19(7-1)13-22-16-27-28-17-23-14-20-8-2-5-11-25(20)32(23)29-15-21-9-3-6-12-30(21)34(33(28)29)31(27)18-26(22)24;1-4-10-23-19(7-1)13-22-16-28-30-17-27-24-11-5-2-8-20(24)14-26(27)29-15-21-9-3-6-12-31(21)34(33(29)30)32(28)18-25(22)23;15*1-2/h3*1-12,16-18H,13-15H2;15*1-2H3. The number of fused-ring (bicyclic) bond motifs is 36. The minimum atomic E-state index is 1.00. The van der Waals surface area contributed by atoms with Crippen molar-refractivity contribution in [3.63, 3.8) is 0 Å². The van der Waals surface area contributed by atoms with E-state index in [0.29, 0.717) is 0 Å². The van der Waals surface area contributed by atoms with E-state index in [9.17, 15) is 0 Å². The Labute approximate surface area is 796 Å². The molecule has 18 aromatic rings. The van der Waals surface area contributed by atoms with Gasteiger partial charge in [-0.3, -0.25) is 0 Å². The van der Waals surface area contributed by atoms with E-state index in [1.54, 1.807) is 0 Å². The quantitative estimate of drug-likeness (QED) is 0.144. The lowest BCUT2D eigenvalue weighted by atomic mass is 9.89. The van der Waals surface area contributed by atoms with E-state index in [1.807, 2.05) is 208 Å². The fraction of sp³-hybridized carbons (Fsp3) is 0.302. The maximum Gasteiger partial charge on any atom is 0.0583 e. The normalized spacial score (nSPS) is 11.6. The van der Waals surface area contributed by atoms with Gasteiger partial charge in [-0.1, -0.05) is 414 Å². The molecule has 15 aromatic carbocycles. The molecule has 0 bridgehead atoms. The molecular formula is C129H153N3. The van der Waals surface area contributed by atoms with Gasteiger partial charge in [0.1, 0.15) is 0 Å². The molecule has 0 saturated heterocycles. The second kappa shape index (κ2) is 47.7. The van der Waals surface area contributed by atoms with Gasteiger partial charge in [-0.2, -0.15) is 0 Å². The van der Waals surface area contributed by atoms with E-state index in [1.165, 1.54) is 249 Å². The molecule has 0 radical (unpaired) electrons. The van der Waals surface area contributed by atoms with E-state index in [-0.39, 0.29) is 0 Å². The Bertz CT molecular complexity index is 6940. The number of hydrogen-bond acceptors (Lipinski definition) is 0. The third kappa shape index (κ3) is 17.5. The van der Waals surface area contributed by atoms with Crippen molar-refractivity contribution in [2.24, 2.45) is 0 Å². The van der Waals surface area contributed by atoms with Gasteiger partial charge in [0.25, 0.3) is 0 Å². The third-order valence-corrected chi connectivity index (χ3v) is 25.3. The summed E-state index contributed by atoms with van der Waals surface area (Å²) in [6, 6.07) is 103.